The molecule has 0 amide bonds. The van der Waals surface area contributed by atoms with Crippen LogP contribution in [0.1, 0.15) is 16.6 Å². The lowest BCUT2D eigenvalue weighted by atomic mass is 10.1. The molecule has 3 rings (SSSR count). The Morgan fingerprint density at radius 2 is 2.30 bits per heavy atom. The number of halogens is 1. The van der Waals surface area contributed by atoms with Gasteiger partial charge in [-0.15, -0.1) is 23.4 Å². The molecular formula is C15H17ClN2OS. The molecule has 1 aliphatic heterocycles. The van der Waals surface area contributed by atoms with Gasteiger partial charge in [-0.2, -0.15) is 0 Å². The van der Waals surface area contributed by atoms with E-state index in [-0.39, 0.29) is 5.38 Å². The predicted molar refractivity (Wildman–Crippen MR) is 85.3 cm³/mol. The highest BCUT2D eigenvalue weighted by Gasteiger charge is 2.23. The SMILES string of the molecule is COc1ccccc1CCNc1cc2c([nH]1)C(Cl)CS2. The molecule has 1 aromatic carbocycles. The Labute approximate surface area is 128 Å². The summed E-state index contributed by atoms with van der Waals surface area (Å²) >= 11 is 8.04. The van der Waals surface area contributed by atoms with E-state index >= 15 is 0 Å². The first-order valence-electron chi connectivity index (χ1n) is 6.63. The van der Waals surface area contributed by atoms with Crippen LogP contribution in [-0.4, -0.2) is 24.4 Å². The number of nitrogens with one attached hydrogen (secondary N) is 2. The molecule has 1 aliphatic rings. The first-order valence-corrected chi connectivity index (χ1v) is 8.05. The molecule has 1 aromatic heterocycles. The number of H-pyrrole nitrogens is 1. The zero-order valence-corrected chi connectivity index (χ0v) is 12.9. The van der Waals surface area contributed by atoms with E-state index in [1.54, 1.807) is 7.11 Å². The van der Waals surface area contributed by atoms with Crippen LogP contribution < -0.4 is 10.1 Å². The Morgan fingerprint density at radius 3 is 3.10 bits per heavy atom. The summed E-state index contributed by atoms with van der Waals surface area (Å²) < 4.78 is 5.36. The monoisotopic (exact) mass is 308 g/mol. The largest absolute Gasteiger partial charge is 0.496 e. The summed E-state index contributed by atoms with van der Waals surface area (Å²) in [6.07, 6.45) is 0.922. The van der Waals surface area contributed by atoms with Crippen molar-refractivity contribution in [3.8, 4) is 5.75 Å². The van der Waals surface area contributed by atoms with Crippen molar-refractivity contribution < 1.29 is 4.74 Å². The molecule has 1 unspecified atom stereocenters. The highest BCUT2D eigenvalue weighted by Crippen LogP contribution is 2.42. The van der Waals surface area contributed by atoms with Crippen molar-refractivity contribution in [2.24, 2.45) is 0 Å². The number of ether oxygens (including phenoxy) is 1. The molecule has 106 valence electrons. The summed E-state index contributed by atoms with van der Waals surface area (Å²) in [7, 11) is 1.71. The van der Waals surface area contributed by atoms with Gasteiger partial charge in [-0.3, -0.25) is 0 Å². The second-order valence-corrected chi connectivity index (χ2v) is 6.32. The minimum atomic E-state index is 0.111. The number of para-hydroxylation sites is 1. The first-order chi connectivity index (χ1) is 9.78. The lowest BCUT2D eigenvalue weighted by molar-refractivity contribution is 0.410. The zero-order valence-electron chi connectivity index (χ0n) is 11.3. The highest BCUT2D eigenvalue weighted by molar-refractivity contribution is 7.99. The molecule has 0 aliphatic carbocycles. The molecule has 0 saturated heterocycles. The maximum Gasteiger partial charge on any atom is 0.122 e. The number of thioether (sulfide) groups is 1. The maximum atomic E-state index is 6.23. The van der Waals surface area contributed by atoms with Gasteiger partial charge in [0.25, 0.3) is 0 Å². The van der Waals surface area contributed by atoms with Crippen molar-refractivity contribution in [1.82, 2.24) is 4.98 Å². The minimum Gasteiger partial charge on any atom is -0.496 e. The minimum absolute atomic E-state index is 0.111. The third kappa shape index (κ3) is 2.76. The Balaban J connectivity index is 1.59. The van der Waals surface area contributed by atoms with E-state index in [0.29, 0.717) is 0 Å². The topological polar surface area (TPSA) is 37.0 Å². The number of aromatic amines is 1. The number of benzene rings is 1. The Kier molecular flexibility index (Phi) is 4.13. The lowest BCUT2D eigenvalue weighted by Gasteiger charge is -2.09. The van der Waals surface area contributed by atoms with Gasteiger partial charge in [-0.1, -0.05) is 18.2 Å². The van der Waals surface area contributed by atoms with Crippen molar-refractivity contribution in [3.05, 3.63) is 41.6 Å². The van der Waals surface area contributed by atoms with Gasteiger partial charge in [0.05, 0.1) is 12.5 Å². The van der Waals surface area contributed by atoms with E-state index in [0.717, 1.165) is 36.0 Å². The van der Waals surface area contributed by atoms with Gasteiger partial charge in [-0.05, 0) is 24.1 Å². The maximum absolute atomic E-state index is 6.23. The van der Waals surface area contributed by atoms with Crippen molar-refractivity contribution in [3.63, 3.8) is 0 Å². The van der Waals surface area contributed by atoms with E-state index in [9.17, 15) is 0 Å². The van der Waals surface area contributed by atoms with Crippen LogP contribution in [0.5, 0.6) is 5.75 Å². The van der Waals surface area contributed by atoms with Gasteiger partial charge in [-0.25, -0.2) is 0 Å². The summed E-state index contributed by atoms with van der Waals surface area (Å²) in [5.41, 5.74) is 2.36. The van der Waals surface area contributed by atoms with Gasteiger partial charge in [0.1, 0.15) is 11.6 Å². The zero-order chi connectivity index (χ0) is 13.9. The third-order valence-corrected chi connectivity index (χ3v) is 5.12. The molecule has 1 atom stereocenters. The van der Waals surface area contributed by atoms with Crippen LogP contribution in [0, 0.1) is 0 Å². The first kappa shape index (κ1) is 13.7. The van der Waals surface area contributed by atoms with Crippen LogP contribution in [0.3, 0.4) is 0 Å². The van der Waals surface area contributed by atoms with E-state index in [4.69, 9.17) is 16.3 Å². The molecule has 2 aromatic rings. The second kappa shape index (κ2) is 6.02. The number of fused-ring (bicyclic) bond motifs is 1. The molecule has 0 bridgehead atoms. The van der Waals surface area contributed by atoms with E-state index in [2.05, 4.69) is 22.4 Å². The Hall–Kier alpha value is -1.26. The molecule has 2 N–H and O–H groups in total. The average Bonchev–Trinajstić information content (AvgIpc) is 3.02. The fourth-order valence-corrected chi connectivity index (χ4v) is 3.85. The number of aromatic nitrogens is 1. The molecule has 0 spiro atoms. The molecule has 20 heavy (non-hydrogen) atoms. The van der Waals surface area contributed by atoms with Gasteiger partial charge < -0.3 is 15.0 Å². The summed E-state index contributed by atoms with van der Waals surface area (Å²) in [6, 6.07) is 10.3. The molecule has 0 saturated carbocycles. The van der Waals surface area contributed by atoms with Crippen molar-refractivity contribution in [2.75, 3.05) is 24.7 Å². The molecule has 5 heteroatoms. The number of methoxy groups -OCH3 is 1. The second-order valence-electron chi connectivity index (χ2n) is 4.73. The fraction of sp³-hybridized carbons (Fsp3) is 0.333. The molecule has 0 radical (unpaired) electrons. The smallest absolute Gasteiger partial charge is 0.122 e. The summed E-state index contributed by atoms with van der Waals surface area (Å²) in [4.78, 5) is 4.63. The standard InChI is InChI=1S/C15H17ClN2OS/c1-19-12-5-3-2-4-10(12)6-7-17-14-8-13-15(18-14)11(16)9-20-13/h2-5,8,11,17-18H,6-7,9H2,1H3. The van der Waals surface area contributed by atoms with Crippen molar-refractivity contribution in [1.29, 1.82) is 0 Å². The summed E-state index contributed by atoms with van der Waals surface area (Å²) in [5, 5.41) is 3.52. The van der Waals surface area contributed by atoms with Gasteiger partial charge in [0.2, 0.25) is 0 Å². The highest BCUT2D eigenvalue weighted by atomic mass is 35.5. The van der Waals surface area contributed by atoms with Crippen molar-refractivity contribution >= 4 is 29.2 Å². The molecule has 3 nitrogen and oxygen atoms in total. The molecule has 2 heterocycles. The van der Waals surface area contributed by atoms with Crippen LogP contribution in [0.25, 0.3) is 0 Å². The van der Waals surface area contributed by atoms with Crippen molar-refractivity contribution in [2.45, 2.75) is 16.7 Å². The number of hydrogen-bond acceptors (Lipinski definition) is 3. The van der Waals surface area contributed by atoms with Crippen LogP contribution in [-0.2, 0) is 6.42 Å². The third-order valence-electron chi connectivity index (χ3n) is 3.41. The average molecular weight is 309 g/mol. The quantitative estimate of drug-likeness (QED) is 0.818. The van der Waals surface area contributed by atoms with Crippen LogP contribution >= 0.6 is 23.4 Å². The Bertz CT molecular complexity index is 599. The number of hydrogen-bond donors (Lipinski definition) is 2. The summed E-state index contributed by atoms with van der Waals surface area (Å²) in [6.45, 7) is 0.859. The number of alkyl halides is 1. The Morgan fingerprint density at radius 1 is 1.45 bits per heavy atom. The van der Waals surface area contributed by atoms with Crippen LogP contribution in [0.2, 0.25) is 0 Å². The van der Waals surface area contributed by atoms with Gasteiger partial charge in [0.15, 0.2) is 0 Å². The van der Waals surface area contributed by atoms with Crippen LogP contribution in [0.4, 0.5) is 5.82 Å². The summed E-state index contributed by atoms with van der Waals surface area (Å²) in [5.74, 6) is 2.95. The van der Waals surface area contributed by atoms with E-state index < -0.39 is 0 Å². The van der Waals surface area contributed by atoms with Gasteiger partial charge in [0, 0.05) is 22.9 Å². The normalized spacial score (nSPS) is 17.0. The number of rotatable bonds is 5. The van der Waals surface area contributed by atoms with Gasteiger partial charge >= 0.3 is 0 Å². The van der Waals surface area contributed by atoms with Crippen LogP contribution in [0.15, 0.2) is 35.2 Å². The molecular weight excluding hydrogens is 292 g/mol. The lowest BCUT2D eigenvalue weighted by Crippen LogP contribution is -2.06. The predicted octanol–water partition coefficient (Wildman–Crippen LogP) is 4.06. The fourth-order valence-electron chi connectivity index (χ4n) is 2.39. The molecule has 0 fully saturated rings. The van der Waals surface area contributed by atoms with E-state index in [1.165, 1.54) is 10.5 Å². The number of anilines is 1. The van der Waals surface area contributed by atoms with E-state index in [1.807, 2.05) is 30.0 Å².